The van der Waals surface area contributed by atoms with Gasteiger partial charge in [0.1, 0.15) is 12.6 Å². The van der Waals surface area contributed by atoms with Gasteiger partial charge >= 0.3 is 0 Å². The smallest absolute Gasteiger partial charge is 0.271 e. The summed E-state index contributed by atoms with van der Waals surface area (Å²) in [6, 6.07) is 9.93. The summed E-state index contributed by atoms with van der Waals surface area (Å²) in [6.07, 6.45) is 6.14. The fourth-order valence-electron chi connectivity index (χ4n) is 4.85. The lowest BCUT2D eigenvalue weighted by atomic mass is 9.95. The molecule has 12 heteroatoms. The lowest BCUT2D eigenvalue weighted by molar-refractivity contribution is -0.384. The summed E-state index contributed by atoms with van der Waals surface area (Å²) in [5.41, 5.74) is 0.771. The Morgan fingerprint density at radius 1 is 1.15 bits per heavy atom. The van der Waals surface area contributed by atoms with E-state index in [1.807, 2.05) is 0 Å². The minimum atomic E-state index is -4.03. The summed E-state index contributed by atoms with van der Waals surface area (Å²) < 4.78 is 26.6. The minimum absolute atomic E-state index is 0.0133. The summed E-state index contributed by atoms with van der Waals surface area (Å²) in [4.78, 5) is 39.4. The van der Waals surface area contributed by atoms with Crippen molar-refractivity contribution in [3.05, 3.63) is 68.7 Å². The van der Waals surface area contributed by atoms with Crippen LogP contribution in [0.25, 0.3) is 0 Å². The van der Waals surface area contributed by atoms with Gasteiger partial charge in [0, 0.05) is 29.7 Å². The molecule has 2 aromatic rings. The zero-order chi connectivity index (χ0) is 28.7. The van der Waals surface area contributed by atoms with Gasteiger partial charge in [-0.3, -0.25) is 24.0 Å². The molecule has 212 valence electrons. The summed E-state index contributed by atoms with van der Waals surface area (Å²) in [5, 5.41) is 14.9. The third kappa shape index (κ3) is 7.92. The van der Waals surface area contributed by atoms with Gasteiger partial charge in [-0.05, 0) is 43.4 Å². The molecular weight excluding hydrogens is 544 g/mol. The highest BCUT2D eigenvalue weighted by molar-refractivity contribution is 7.92. The highest BCUT2D eigenvalue weighted by atomic mass is 35.5. The topological polar surface area (TPSA) is 130 Å². The van der Waals surface area contributed by atoms with Crippen molar-refractivity contribution in [2.24, 2.45) is 0 Å². The molecular formula is C27H35ClN4O6S. The van der Waals surface area contributed by atoms with E-state index in [9.17, 15) is 28.1 Å². The van der Waals surface area contributed by atoms with Gasteiger partial charge in [0.15, 0.2) is 0 Å². The normalized spacial score (nSPS) is 14.9. The molecule has 3 rings (SSSR count). The Hall–Kier alpha value is -3.18. The van der Waals surface area contributed by atoms with Crippen LogP contribution in [-0.4, -0.2) is 54.9 Å². The van der Waals surface area contributed by atoms with Crippen LogP contribution in [0.3, 0.4) is 0 Å². The van der Waals surface area contributed by atoms with E-state index in [1.54, 1.807) is 38.1 Å². The highest BCUT2D eigenvalue weighted by Crippen LogP contribution is 2.28. The van der Waals surface area contributed by atoms with Crippen molar-refractivity contribution >= 4 is 44.8 Å². The zero-order valence-electron chi connectivity index (χ0n) is 22.4. The molecule has 0 bridgehead atoms. The average molecular weight is 579 g/mol. The van der Waals surface area contributed by atoms with Crippen LogP contribution in [0.5, 0.6) is 0 Å². The predicted molar refractivity (Wildman–Crippen MR) is 151 cm³/mol. The maximum Gasteiger partial charge on any atom is 0.271 e. The third-order valence-electron chi connectivity index (χ3n) is 6.99. The van der Waals surface area contributed by atoms with Crippen molar-refractivity contribution in [3.63, 3.8) is 0 Å². The molecule has 10 nitrogen and oxygen atoms in total. The standard InChI is InChI=1S/C27H35ClN4O6S/c1-4-24(27(34)29-21-11-6-5-7-12-21)30(17-20-10-8-9-13-23(20)28)26(33)18-31(39(3,37)38)25-16-22(32(35)36)15-14-19(25)2/h8-10,13-16,21,24H,4-7,11-12,17-18H2,1-3H3,(H,29,34). The molecule has 0 heterocycles. The lowest BCUT2D eigenvalue weighted by Gasteiger charge is -2.34. The predicted octanol–water partition coefficient (Wildman–Crippen LogP) is 4.58. The molecule has 2 amide bonds. The second-order valence-electron chi connectivity index (χ2n) is 9.88. The number of halogens is 1. The second-order valence-corrected chi connectivity index (χ2v) is 12.2. The van der Waals surface area contributed by atoms with E-state index in [-0.39, 0.29) is 29.9 Å². The van der Waals surface area contributed by atoms with Gasteiger partial charge in [-0.15, -0.1) is 0 Å². The molecule has 1 saturated carbocycles. The number of carbonyl (C=O) groups is 2. The van der Waals surface area contributed by atoms with Crippen LogP contribution in [0.15, 0.2) is 42.5 Å². The molecule has 1 unspecified atom stereocenters. The number of amides is 2. The van der Waals surface area contributed by atoms with E-state index in [4.69, 9.17) is 11.6 Å². The molecule has 0 aliphatic heterocycles. The lowest BCUT2D eigenvalue weighted by Crippen LogP contribution is -2.54. The van der Waals surface area contributed by atoms with Gasteiger partial charge in [0.25, 0.3) is 5.69 Å². The fraction of sp³-hybridized carbons (Fsp3) is 0.481. The Kier molecular flexibility index (Phi) is 10.3. The van der Waals surface area contributed by atoms with Gasteiger partial charge in [0.05, 0.1) is 16.9 Å². The molecule has 2 aromatic carbocycles. The van der Waals surface area contributed by atoms with E-state index in [0.29, 0.717) is 22.6 Å². The number of sulfonamides is 1. The molecule has 1 N–H and O–H groups in total. The van der Waals surface area contributed by atoms with Gasteiger partial charge < -0.3 is 10.2 Å². The van der Waals surface area contributed by atoms with E-state index < -0.39 is 33.4 Å². The van der Waals surface area contributed by atoms with Crippen LogP contribution in [0.1, 0.15) is 56.6 Å². The Labute approximate surface area is 234 Å². The maximum absolute atomic E-state index is 13.9. The van der Waals surface area contributed by atoms with Crippen molar-refractivity contribution in [3.8, 4) is 0 Å². The summed E-state index contributed by atoms with van der Waals surface area (Å²) >= 11 is 6.39. The Morgan fingerprint density at radius 3 is 2.41 bits per heavy atom. The number of rotatable bonds is 11. The molecule has 1 atom stereocenters. The van der Waals surface area contributed by atoms with Gasteiger partial charge in [-0.25, -0.2) is 8.42 Å². The van der Waals surface area contributed by atoms with Crippen LogP contribution in [-0.2, 0) is 26.2 Å². The number of nitrogens with zero attached hydrogens (tertiary/aromatic N) is 3. The first kappa shape index (κ1) is 30.4. The van der Waals surface area contributed by atoms with Crippen molar-refractivity contribution in [1.82, 2.24) is 10.2 Å². The van der Waals surface area contributed by atoms with E-state index in [0.717, 1.165) is 48.7 Å². The quantitative estimate of drug-likeness (QED) is 0.307. The molecule has 39 heavy (non-hydrogen) atoms. The largest absolute Gasteiger partial charge is 0.352 e. The molecule has 0 aromatic heterocycles. The van der Waals surface area contributed by atoms with E-state index in [2.05, 4.69) is 5.32 Å². The van der Waals surface area contributed by atoms with Crippen LogP contribution in [0, 0.1) is 17.0 Å². The number of nitro benzene ring substituents is 1. The van der Waals surface area contributed by atoms with E-state index >= 15 is 0 Å². The summed E-state index contributed by atoms with van der Waals surface area (Å²) in [7, 11) is -4.03. The van der Waals surface area contributed by atoms with Crippen LogP contribution in [0.4, 0.5) is 11.4 Å². The van der Waals surface area contributed by atoms with Crippen LogP contribution < -0.4 is 9.62 Å². The molecule has 1 aliphatic carbocycles. The van der Waals surface area contributed by atoms with Gasteiger partial charge in [-0.2, -0.15) is 0 Å². The molecule has 0 saturated heterocycles. The number of nitro groups is 1. The number of anilines is 1. The number of carbonyl (C=O) groups excluding carboxylic acids is 2. The van der Waals surface area contributed by atoms with Gasteiger partial charge in [0.2, 0.25) is 21.8 Å². The van der Waals surface area contributed by atoms with Gasteiger partial charge in [-0.1, -0.05) is 62.1 Å². The monoisotopic (exact) mass is 578 g/mol. The third-order valence-corrected chi connectivity index (χ3v) is 8.48. The van der Waals surface area contributed by atoms with E-state index in [1.165, 1.54) is 17.0 Å². The summed E-state index contributed by atoms with van der Waals surface area (Å²) in [6.45, 7) is 2.74. The Bertz CT molecular complexity index is 1310. The fourth-order valence-corrected chi connectivity index (χ4v) is 5.94. The minimum Gasteiger partial charge on any atom is -0.352 e. The second kappa shape index (κ2) is 13.3. The summed E-state index contributed by atoms with van der Waals surface area (Å²) in [5.74, 6) is -0.931. The molecule has 0 radical (unpaired) electrons. The molecule has 1 aliphatic rings. The number of aryl methyl sites for hydroxylation is 1. The average Bonchev–Trinajstić information content (AvgIpc) is 2.88. The number of hydrogen-bond donors (Lipinski definition) is 1. The van der Waals surface area contributed by atoms with Crippen molar-refractivity contribution in [2.45, 2.75) is 71.0 Å². The number of hydrogen-bond acceptors (Lipinski definition) is 6. The number of non-ortho nitro benzene ring substituents is 1. The Balaban J connectivity index is 1.98. The number of nitrogens with one attached hydrogen (secondary N) is 1. The number of benzene rings is 2. The zero-order valence-corrected chi connectivity index (χ0v) is 24.0. The van der Waals surface area contributed by atoms with Crippen molar-refractivity contribution < 1.29 is 22.9 Å². The Morgan fingerprint density at radius 2 is 1.82 bits per heavy atom. The van der Waals surface area contributed by atoms with Crippen LogP contribution >= 0.6 is 11.6 Å². The van der Waals surface area contributed by atoms with Crippen molar-refractivity contribution in [1.29, 1.82) is 0 Å². The van der Waals surface area contributed by atoms with Crippen LogP contribution in [0.2, 0.25) is 5.02 Å². The van der Waals surface area contributed by atoms with Crippen molar-refractivity contribution in [2.75, 3.05) is 17.1 Å². The molecule has 1 fully saturated rings. The first-order valence-corrected chi connectivity index (χ1v) is 15.2. The first-order chi connectivity index (χ1) is 18.4. The highest BCUT2D eigenvalue weighted by Gasteiger charge is 2.33. The SMILES string of the molecule is CCC(C(=O)NC1CCCCC1)N(Cc1ccccc1Cl)C(=O)CN(c1cc([N+](=O)[O-])ccc1C)S(C)(=O)=O. The maximum atomic E-state index is 13.9. The molecule has 0 spiro atoms. The first-order valence-electron chi connectivity index (χ1n) is 13.0.